The van der Waals surface area contributed by atoms with Crippen LogP contribution in [0.2, 0.25) is 0 Å². The zero-order valence-corrected chi connectivity index (χ0v) is 11.9. The number of nitro benzene ring substituents is 2. The summed E-state index contributed by atoms with van der Waals surface area (Å²) in [5, 5.41) is 31.7. The number of nitrogens with one attached hydrogen (secondary N) is 1. The molecule has 0 fully saturated rings. The van der Waals surface area contributed by atoms with Crippen molar-refractivity contribution < 1.29 is 15.0 Å². The Morgan fingerprint density at radius 2 is 1.96 bits per heavy atom. The third kappa shape index (κ3) is 2.75. The van der Waals surface area contributed by atoms with Crippen molar-refractivity contribution in [3.63, 3.8) is 0 Å². The number of fused-ring (bicyclic) bond motifs is 1. The first-order valence-corrected chi connectivity index (χ1v) is 6.58. The minimum Gasteiger partial charge on any atom is -0.502 e. The molecule has 2 N–H and O–H groups in total. The van der Waals surface area contributed by atoms with Crippen molar-refractivity contribution in [1.29, 1.82) is 0 Å². The standard InChI is InChI=1S/C14H9N5O5/c20-14-8(3-10(18(21)22)5-13(14)19(23)24)6-15-9-1-2-11-12(4-9)17-7-16-11/h1-7,20H,(H,16,17). The summed E-state index contributed by atoms with van der Waals surface area (Å²) < 4.78 is 0. The summed E-state index contributed by atoms with van der Waals surface area (Å²) in [6.07, 6.45) is 2.65. The molecule has 0 aliphatic rings. The molecule has 1 heterocycles. The number of phenolic OH excluding ortho intramolecular Hbond substituents is 1. The summed E-state index contributed by atoms with van der Waals surface area (Å²) in [5.74, 6) is -0.683. The predicted molar refractivity (Wildman–Crippen MR) is 84.8 cm³/mol. The summed E-state index contributed by atoms with van der Waals surface area (Å²) in [7, 11) is 0. The minimum atomic E-state index is -0.893. The van der Waals surface area contributed by atoms with Gasteiger partial charge in [-0.3, -0.25) is 25.2 Å². The first-order valence-electron chi connectivity index (χ1n) is 6.58. The van der Waals surface area contributed by atoms with Crippen molar-refractivity contribution in [2.24, 2.45) is 4.99 Å². The lowest BCUT2D eigenvalue weighted by atomic mass is 10.1. The predicted octanol–water partition coefficient (Wildman–Crippen LogP) is 2.84. The number of hydrogen-bond acceptors (Lipinski definition) is 7. The van der Waals surface area contributed by atoms with Gasteiger partial charge in [-0.1, -0.05) is 0 Å². The van der Waals surface area contributed by atoms with Crippen LogP contribution in [0, 0.1) is 20.2 Å². The van der Waals surface area contributed by atoms with Gasteiger partial charge in [-0.05, 0) is 18.2 Å². The van der Waals surface area contributed by atoms with Crippen LogP contribution >= 0.6 is 0 Å². The molecule has 0 bridgehead atoms. The highest BCUT2D eigenvalue weighted by Crippen LogP contribution is 2.33. The first kappa shape index (κ1) is 15.1. The molecule has 0 radical (unpaired) electrons. The van der Waals surface area contributed by atoms with E-state index in [9.17, 15) is 25.3 Å². The van der Waals surface area contributed by atoms with E-state index in [-0.39, 0.29) is 5.56 Å². The van der Waals surface area contributed by atoms with E-state index in [1.165, 1.54) is 6.33 Å². The van der Waals surface area contributed by atoms with Crippen LogP contribution in [0.3, 0.4) is 0 Å². The first-order chi connectivity index (χ1) is 11.5. The number of aromatic nitrogens is 2. The number of nitrogens with zero attached hydrogens (tertiary/aromatic N) is 4. The topological polar surface area (TPSA) is 148 Å². The zero-order chi connectivity index (χ0) is 17.3. The molecular weight excluding hydrogens is 318 g/mol. The van der Waals surface area contributed by atoms with Gasteiger partial charge in [-0.2, -0.15) is 0 Å². The lowest BCUT2D eigenvalue weighted by Crippen LogP contribution is -1.96. The van der Waals surface area contributed by atoms with E-state index in [1.807, 2.05) is 0 Å². The highest BCUT2D eigenvalue weighted by atomic mass is 16.6. The van der Waals surface area contributed by atoms with E-state index in [1.54, 1.807) is 18.2 Å². The van der Waals surface area contributed by atoms with Crippen LogP contribution in [0.1, 0.15) is 5.56 Å². The number of rotatable bonds is 4. The number of aromatic hydroxyl groups is 1. The summed E-state index contributed by atoms with van der Waals surface area (Å²) in [5.41, 5.74) is 0.572. The lowest BCUT2D eigenvalue weighted by Gasteiger charge is -2.01. The molecule has 10 nitrogen and oxygen atoms in total. The third-order valence-electron chi connectivity index (χ3n) is 3.27. The molecular formula is C14H9N5O5. The molecule has 0 unspecified atom stereocenters. The minimum absolute atomic E-state index is 0.124. The van der Waals surface area contributed by atoms with Gasteiger partial charge in [-0.15, -0.1) is 0 Å². The molecule has 0 atom stereocenters. The van der Waals surface area contributed by atoms with Crippen LogP contribution in [0.4, 0.5) is 17.1 Å². The van der Waals surface area contributed by atoms with Crippen molar-refractivity contribution >= 4 is 34.3 Å². The Kier molecular flexibility index (Phi) is 3.62. The largest absolute Gasteiger partial charge is 0.502 e. The second-order valence-electron chi connectivity index (χ2n) is 4.78. The summed E-state index contributed by atoms with van der Waals surface area (Å²) in [4.78, 5) is 31.2. The van der Waals surface area contributed by atoms with Crippen LogP contribution in [0.25, 0.3) is 11.0 Å². The van der Waals surface area contributed by atoms with Crippen molar-refractivity contribution in [1.82, 2.24) is 9.97 Å². The van der Waals surface area contributed by atoms with Crippen molar-refractivity contribution in [2.75, 3.05) is 0 Å². The van der Waals surface area contributed by atoms with Crippen LogP contribution in [-0.2, 0) is 0 Å². The summed E-state index contributed by atoms with van der Waals surface area (Å²) >= 11 is 0. The van der Waals surface area contributed by atoms with Gasteiger partial charge in [0.1, 0.15) is 0 Å². The fourth-order valence-corrected chi connectivity index (χ4v) is 2.12. The van der Waals surface area contributed by atoms with Crippen molar-refractivity contribution in [3.05, 3.63) is 62.5 Å². The monoisotopic (exact) mass is 327 g/mol. The fraction of sp³-hybridized carbons (Fsp3) is 0. The molecule has 1 aromatic heterocycles. The number of nitro groups is 2. The molecule has 0 amide bonds. The van der Waals surface area contributed by atoms with Crippen LogP contribution in [0.5, 0.6) is 5.75 Å². The molecule has 24 heavy (non-hydrogen) atoms. The lowest BCUT2D eigenvalue weighted by molar-refractivity contribution is -0.394. The van der Waals surface area contributed by atoms with Crippen LogP contribution in [0.15, 0.2) is 41.7 Å². The molecule has 3 rings (SSSR count). The number of non-ortho nitro benzene ring substituents is 1. The Balaban J connectivity index is 2.04. The van der Waals surface area contributed by atoms with E-state index >= 15 is 0 Å². The molecule has 120 valence electrons. The maximum absolute atomic E-state index is 10.9. The van der Waals surface area contributed by atoms with Gasteiger partial charge in [0.2, 0.25) is 5.75 Å². The Morgan fingerprint density at radius 1 is 1.17 bits per heavy atom. The van der Waals surface area contributed by atoms with Crippen LogP contribution in [-0.4, -0.2) is 31.1 Å². The highest BCUT2D eigenvalue weighted by molar-refractivity contribution is 5.89. The fourth-order valence-electron chi connectivity index (χ4n) is 2.12. The van der Waals surface area contributed by atoms with E-state index in [4.69, 9.17) is 0 Å². The Morgan fingerprint density at radius 3 is 2.67 bits per heavy atom. The second kappa shape index (κ2) is 5.76. The van der Waals surface area contributed by atoms with E-state index in [0.29, 0.717) is 11.8 Å². The molecule has 10 heteroatoms. The quantitative estimate of drug-likeness (QED) is 0.427. The molecule has 3 aromatic rings. The molecule has 2 aromatic carbocycles. The Hall–Kier alpha value is -3.82. The highest BCUT2D eigenvalue weighted by Gasteiger charge is 2.22. The number of benzene rings is 2. The number of aromatic amines is 1. The SMILES string of the molecule is O=[N+]([O-])c1cc(C=Nc2ccc3nc[nH]c3c2)c(O)c([N+](=O)[O-])c1. The van der Waals surface area contributed by atoms with Gasteiger partial charge >= 0.3 is 5.69 Å². The van der Waals surface area contributed by atoms with Crippen LogP contribution < -0.4 is 0 Å². The van der Waals surface area contributed by atoms with Gasteiger partial charge in [0.05, 0.1) is 39.0 Å². The zero-order valence-electron chi connectivity index (χ0n) is 11.9. The van der Waals surface area contributed by atoms with Gasteiger partial charge in [0.25, 0.3) is 5.69 Å². The maximum Gasteiger partial charge on any atom is 0.318 e. The van der Waals surface area contributed by atoms with E-state index in [2.05, 4.69) is 15.0 Å². The van der Waals surface area contributed by atoms with E-state index < -0.39 is 27.0 Å². The van der Waals surface area contributed by atoms with Crippen molar-refractivity contribution in [2.45, 2.75) is 0 Å². The average molecular weight is 327 g/mol. The number of aliphatic imine (C=N–C) groups is 1. The van der Waals surface area contributed by atoms with Crippen molar-refractivity contribution in [3.8, 4) is 5.75 Å². The molecule has 0 spiro atoms. The summed E-state index contributed by atoms with van der Waals surface area (Å²) in [6.45, 7) is 0. The number of imidazole rings is 1. The Bertz CT molecular complexity index is 994. The summed E-state index contributed by atoms with van der Waals surface area (Å²) in [6, 6.07) is 6.77. The van der Waals surface area contributed by atoms with Gasteiger partial charge in [-0.25, -0.2) is 4.98 Å². The van der Waals surface area contributed by atoms with E-state index in [0.717, 1.165) is 23.3 Å². The second-order valence-corrected chi connectivity index (χ2v) is 4.78. The molecule has 0 saturated carbocycles. The number of hydrogen-bond donors (Lipinski definition) is 2. The average Bonchev–Trinajstić information content (AvgIpc) is 3.01. The molecule has 0 saturated heterocycles. The third-order valence-corrected chi connectivity index (χ3v) is 3.27. The Labute approximate surface area is 133 Å². The molecule has 0 aliphatic carbocycles. The van der Waals surface area contributed by atoms with Gasteiger partial charge in [0.15, 0.2) is 0 Å². The molecule has 0 aliphatic heterocycles. The smallest absolute Gasteiger partial charge is 0.318 e. The van der Waals surface area contributed by atoms with Gasteiger partial charge in [0, 0.05) is 17.8 Å². The number of phenols is 1. The normalized spacial score (nSPS) is 11.2. The maximum atomic E-state index is 10.9. The van der Waals surface area contributed by atoms with Gasteiger partial charge < -0.3 is 10.1 Å². The number of H-pyrrole nitrogens is 1.